The summed E-state index contributed by atoms with van der Waals surface area (Å²) in [5, 5.41) is 0. The second-order valence-electron chi connectivity index (χ2n) is 14.5. The molecule has 264 valence electrons. The minimum atomic E-state index is -0.358. The van der Waals surface area contributed by atoms with Gasteiger partial charge in [0.15, 0.2) is 5.82 Å². The van der Waals surface area contributed by atoms with Gasteiger partial charge in [0.05, 0.1) is 16.8 Å². The van der Waals surface area contributed by atoms with Crippen molar-refractivity contribution >= 4 is 11.1 Å². The topological polar surface area (TPSA) is 38.7 Å². The van der Waals surface area contributed by atoms with Gasteiger partial charge in [0.2, 0.25) is 0 Å². The molecule has 56 heavy (non-hydrogen) atoms. The normalized spacial score (nSPS) is 13.5. The molecule has 0 N–H and O–H groups in total. The molecule has 2 aliphatic carbocycles. The van der Waals surface area contributed by atoms with Crippen molar-refractivity contribution in [3.8, 4) is 56.0 Å². The number of fused-ring (bicyclic) bond motifs is 7. The van der Waals surface area contributed by atoms with Gasteiger partial charge in [0, 0.05) is 29.1 Å². The highest BCUT2D eigenvalue weighted by Gasteiger charge is 2.50. The van der Waals surface area contributed by atoms with Crippen LogP contribution in [-0.2, 0) is 5.41 Å². The maximum atomic E-state index is 5.20. The Hall–Kier alpha value is -7.23. The van der Waals surface area contributed by atoms with Gasteiger partial charge in [-0.05, 0) is 98.0 Å². The quantitative estimate of drug-likeness (QED) is 0.154. The number of aromatic nitrogens is 3. The lowest BCUT2D eigenvalue weighted by molar-refractivity contribution is 0.766. The fraction of sp³-hybridized carbons (Fsp3) is 0.0377. The molecule has 0 saturated heterocycles. The molecule has 10 rings (SSSR count). The zero-order valence-corrected chi connectivity index (χ0v) is 31.0. The van der Waals surface area contributed by atoms with Crippen molar-refractivity contribution in [3.05, 3.63) is 235 Å². The van der Waals surface area contributed by atoms with Crippen molar-refractivity contribution < 1.29 is 0 Å². The van der Waals surface area contributed by atoms with E-state index in [0.29, 0.717) is 5.82 Å². The number of rotatable bonds is 7. The third-order valence-electron chi connectivity index (χ3n) is 11.4. The number of pyridine rings is 1. The lowest BCUT2D eigenvalue weighted by atomic mass is 9.70. The number of hydrogen-bond acceptors (Lipinski definition) is 3. The van der Waals surface area contributed by atoms with E-state index >= 15 is 0 Å². The van der Waals surface area contributed by atoms with Gasteiger partial charge in [0.1, 0.15) is 0 Å². The second kappa shape index (κ2) is 13.6. The lowest BCUT2D eigenvalue weighted by Gasteiger charge is -2.31. The van der Waals surface area contributed by atoms with E-state index in [4.69, 9.17) is 9.97 Å². The van der Waals surface area contributed by atoms with Gasteiger partial charge in [-0.1, -0.05) is 164 Å². The lowest BCUT2D eigenvalue weighted by Crippen LogP contribution is -2.26. The Morgan fingerprint density at radius 3 is 1.77 bits per heavy atom. The molecule has 2 heterocycles. The Morgan fingerprint density at radius 1 is 0.518 bits per heavy atom. The maximum absolute atomic E-state index is 5.20. The number of nitrogens with zero attached hydrogens (tertiary/aromatic N) is 3. The van der Waals surface area contributed by atoms with Gasteiger partial charge in [-0.15, -0.1) is 0 Å². The molecule has 8 aromatic rings. The van der Waals surface area contributed by atoms with Crippen LogP contribution in [0.2, 0.25) is 0 Å². The van der Waals surface area contributed by atoms with Crippen molar-refractivity contribution in [2.45, 2.75) is 12.3 Å². The highest BCUT2D eigenvalue weighted by molar-refractivity contribution is 5.97. The standard InChI is InChI=1S/C53H37N3/c1-35(28-29-43-36(2)53(47-25-9-6-22-44(43)47)48-26-10-7-23-45(48)46-24-8-11-27-49(46)53)50-33-51(40-19-12-18-39(31-40)42-21-14-30-54-34-42)56-52(55-50)41-20-13-17-38(32-41)37-15-4-3-5-16-37/h3-34H,1H2,2H3/b29-28-. The molecule has 0 fully saturated rings. The zero-order chi connectivity index (χ0) is 37.6. The highest BCUT2D eigenvalue weighted by Crippen LogP contribution is 2.61. The summed E-state index contributed by atoms with van der Waals surface area (Å²) in [7, 11) is 0. The highest BCUT2D eigenvalue weighted by atomic mass is 14.9. The monoisotopic (exact) mass is 715 g/mol. The van der Waals surface area contributed by atoms with E-state index in [0.717, 1.165) is 50.3 Å². The van der Waals surface area contributed by atoms with Crippen molar-refractivity contribution in [3.63, 3.8) is 0 Å². The summed E-state index contributed by atoms with van der Waals surface area (Å²) in [6.07, 6.45) is 8.06. The summed E-state index contributed by atoms with van der Waals surface area (Å²) in [6.45, 7) is 6.92. The minimum Gasteiger partial charge on any atom is -0.264 e. The SMILES string of the molecule is C=C(/C=C\C1=C(C)C2(c3ccccc31)c1ccccc1-c1ccccc12)c1cc(-c2cccc(-c3cccnc3)c2)nc(-c2cccc(-c3ccccc3)c2)n1. The summed E-state index contributed by atoms with van der Waals surface area (Å²) in [5.74, 6) is 0.649. The van der Waals surface area contributed by atoms with Gasteiger partial charge in [-0.2, -0.15) is 0 Å². The number of benzene rings is 6. The first kappa shape index (κ1) is 33.3. The molecule has 0 aliphatic heterocycles. The van der Waals surface area contributed by atoms with Crippen LogP contribution < -0.4 is 0 Å². The molecular formula is C53H37N3. The van der Waals surface area contributed by atoms with Gasteiger partial charge < -0.3 is 0 Å². The average molecular weight is 716 g/mol. The van der Waals surface area contributed by atoms with Crippen LogP contribution in [0.1, 0.15) is 34.9 Å². The first-order chi connectivity index (χ1) is 27.6. The molecule has 6 aromatic carbocycles. The van der Waals surface area contributed by atoms with E-state index < -0.39 is 0 Å². The fourth-order valence-electron chi connectivity index (χ4n) is 8.81. The van der Waals surface area contributed by atoms with Gasteiger partial charge >= 0.3 is 0 Å². The molecule has 1 spiro atoms. The van der Waals surface area contributed by atoms with Gasteiger partial charge in [-0.25, -0.2) is 9.97 Å². The third-order valence-corrected chi connectivity index (χ3v) is 11.4. The first-order valence-electron chi connectivity index (χ1n) is 19.0. The van der Waals surface area contributed by atoms with Crippen molar-refractivity contribution in [2.24, 2.45) is 0 Å². The number of hydrogen-bond donors (Lipinski definition) is 0. The molecule has 2 aromatic heterocycles. The third kappa shape index (κ3) is 5.39. The summed E-state index contributed by atoms with van der Waals surface area (Å²) < 4.78 is 0. The molecular weight excluding hydrogens is 679 g/mol. The summed E-state index contributed by atoms with van der Waals surface area (Å²) >= 11 is 0. The van der Waals surface area contributed by atoms with Gasteiger partial charge in [-0.3, -0.25) is 4.98 Å². The molecule has 2 aliphatic rings. The summed E-state index contributed by atoms with van der Waals surface area (Å²) in [6, 6.07) is 60.1. The molecule has 0 unspecified atom stereocenters. The second-order valence-corrected chi connectivity index (χ2v) is 14.5. The fourth-order valence-corrected chi connectivity index (χ4v) is 8.81. The molecule has 3 nitrogen and oxygen atoms in total. The van der Waals surface area contributed by atoms with E-state index in [1.165, 1.54) is 44.5 Å². The predicted octanol–water partition coefficient (Wildman–Crippen LogP) is 12.9. The Kier molecular flexibility index (Phi) is 8.08. The Balaban J connectivity index is 1.10. The molecule has 0 saturated carbocycles. The Morgan fingerprint density at radius 2 is 1.07 bits per heavy atom. The summed E-state index contributed by atoms with van der Waals surface area (Å²) in [5.41, 5.74) is 18.7. The van der Waals surface area contributed by atoms with Crippen LogP contribution in [-0.4, -0.2) is 15.0 Å². The van der Waals surface area contributed by atoms with E-state index in [-0.39, 0.29) is 5.41 Å². The molecule has 3 heteroatoms. The van der Waals surface area contributed by atoms with Crippen LogP contribution >= 0.6 is 0 Å². The Labute approximate surface area is 327 Å². The summed E-state index contributed by atoms with van der Waals surface area (Å²) in [4.78, 5) is 14.7. The number of allylic oxidation sites excluding steroid dienone is 5. The molecule has 0 bridgehead atoms. The largest absolute Gasteiger partial charge is 0.264 e. The van der Waals surface area contributed by atoms with Crippen molar-refractivity contribution in [1.29, 1.82) is 0 Å². The van der Waals surface area contributed by atoms with Crippen LogP contribution in [0.15, 0.2) is 207 Å². The van der Waals surface area contributed by atoms with E-state index in [1.54, 1.807) is 6.20 Å². The van der Waals surface area contributed by atoms with Crippen LogP contribution in [0.3, 0.4) is 0 Å². The molecule has 0 atom stereocenters. The van der Waals surface area contributed by atoms with E-state index in [1.807, 2.05) is 18.3 Å². The zero-order valence-electron chi connectivity index (χ0n) is 31.0. The maximum Gasteiger partial charge on any atom is 0.160 e. The predicted molar refractivity (Wildman–Crippen MR) is 231 cm³/mol. The van der Waals surface area contributed by atoms with Crippen molar-refractivity contribution in [2.75, 3.05) is 0 Å². The van der Waals surface area contributed by atoms with Crippen LogP contribution in [0.25, 0.3) is 67.2 Å². The molecule has 0 radical (unpaired) electrons. The first-order valence-corrected chi connectivity index (χ1v) is 19.0. The minimum absolute atomic E-state index is 0.358. The van der Waals surface area contributed by atoms with Crippen LogP contribution in [0, 0.1) is 0 Å². The van der Waals surface area contributed by atoms with E-state index in [2.05, 4.69) is 188 Å². The molecule has 0 amide bonds. The van der Waals surface area contributed by atoms with Crippen molar-refractivity contribution in [1.82, 2.24) is 15.0 Å². The van der Waals surface area contributed by atoms with E-state index in [9.17, 15) is 0 Å². The van der Waals surface area contributed by atoms with Crippen LogP contribution in [0.5, 0.6) is 0 Å². The smallest absolute Gasteiger partial charge is 0.160 e. The van der Waals surface area contributed by atoms with Gasteiger partial charge in [0.25, 0.3) is 0 Å². The Bertz CT molecular complexity index is 2740. The average Bonchev–Trinajstić information content (AvgIpc) is 3.71. The van der Waals surface area contributed by atoms with Crippen LogP contribution in [0.4, 0.5) is 0 Å².